The Bertz CT molecular complexity index is 1320. The molecule has 0 saturated carbocycles. The topological polar surface area (TPSA) is 249 Å². The summed E-state index contributed by atoms with van der Waals surface area (Å²) in [6.45, 7) is -0.105. The van der Waals surface area contributed by atoms with Crippen molar-refractivity contribution in [2.24, 2.45) is 5.73 Å². The second-order valence-electron chi connectivity index (χ2n) is 8.61. The van der Waals surface area contributed by atoms with Gasteiger partial charge in [-0.3, -0.25) is 24.6 Å². The molecule has 0 spiro atoms. The van der Waals surface area contributed by atoms with E-state index in [0.717, 1.165) is 0 Å². The molecule has 0 heterocycles. The van der Waals surface area contributed by atoms with Gasteiger partial charge in [0.25, 0.3) is 5.91 Å². The Balaban J connectivity index is 0.00000117. The molecule has 3 amide bonds. The van der Waals surface area contributed by atoms with E-state index in [1.54, 1.807) is 30.3 Å². The Morgan fingerprint density at radius 3 is 1.84 bits per heavy atom. The van der Waals surface area contributed by atoms with Gasteiger partial charge in [0, 0.05) is 30.5 Å². The van der Waals surface area contributed by atoms with Crippen LogP contribution in [0.5, 0.6) is 0 Å². The fourth-order valence-corrected chi connectivity index (χ4v) is 3.17. The van der Waals surface area contributed by atoms with Gasteiger partial charge in [0.05, 0.1) is 6.42 Å². The number of carbonyl (C=O) groups excluding carboxylic acids is 3. The van der Waals surface area contributed by atoms with Crippen molar-refractivity contribution in [3.63, 3.8) is 0 Å². The quantitative estimate of drug-likeness (QED) is 0.115. The van der Waals surface area contributed by atoms with Crippen molar-refractivity contribution in [3.05, 3.63) is 71.3 Å². The summed E-state index contributed by atoms with van der Waals surface area (Å²) in [5.41, 5.74) is 6.74. The SMILES string of the molecule is N=C(N)c1ccc(C(=O)NCCC(=O)N[C@@H](CC(=O)O)C(=O)N[C@@H](Cc2ccccc2)C(=O)O)cc1.O=C(O)C(F)(F)F. The van der Waals surface area contributed by atoms with Gasteiger partial charge in [-0.2, -0.15) is 13.2 Å². The van der Waals surface area contributed by atoms with Crippen LogP contribution in [0.25, 0.3) is 0 Å². The van der Waals surface area contributed by atoms with Gasteiger partial charge in [0.2, 0.25) is 11.8 Å². The van der Waals surface area contributed by atoms with E-state index in [-0.39, 0.29) is 30.8 Å². The number of amidine groups is 1. The molecule has 0 aromatic heterocycles. The van der Waals surface area contributed by atoms with Crippen LogP contribution in [0.2, 0.25) is 0 Å². The lowest BCUT2D eigenvalue weighted by molar-refractivity contribution is -0.192. The summed E-state index contributed by atoms with van der Waals surface area (Å²) in [5.74, 6) is -7.73. The summed E-state index contributed by atoms with van der Waals surface area (Å²) in [6, 6.07) is 11.6. The number of halogens is 3. The molecular formula is C26H28F3N5O9. The van der Waals surface area contributed by atoms with Crippen molar-refractivity contribution in [3.8, 4) is 0 Å². The first-order valence-corrected chi connectivity index (χ1v) is 12.1. The third-order valence-corrected chi connectivity index (χ3v) is 5.27. The van der Waals surface area contributed by atoms with E-state index >= 15 is 0 Å². The van der Waals surface area contributed by atoms with E-state index in [0.29, 0.717) is 11.1 Å². The van der Waals surface area contributed by atoms with Crippen LogP contribution in [-0.4, -0.2) is 81.6 Å². The van der Waals surface area contributed by atoms with Crippen molar-refractivity contribution >= 4 is 41.5 Å². The number of aliphatic carboxylic acids is 3. The largest absolute Gasteiger partial charge is 0.490 e. The van der Waals surface area contributed by atoms with Crippen molar-refractivity contribution in [2.75, 3.05) is 6.54 Å². The number of rotatable bonds is 13. The van der Waals surface area contributed by atoms with Gasteiger partial charge in [0.1, 0.15) is 17.9 Å². The minimum atomic E-state index is -5.08. The van der Waals surface area contributed by atoms with Gasteiger partial charge >= 0.3 is 24.1 Å². The van der Waals surface area contributed by atoms with Crippen LogP contribution in [-0.2, 0) is 30.4 Å². The molecule has 9 N–H and O–H groups in total. The maximum atomic E-state index is 12.6. The van der Waals surface area contributed by atoms with E-state index < -0.39 is 60.3 Å². The summed E-state index contributed by atoms with van der Waals surface area (Å²) in [4.78, 5) is 68.8. The molecular weight excluding hydrogens is 583 g/mol. The fourth-order valence-electron chi connectivity index (χ4n) is 3.17. The molecule has 43 heavy (non-hydrogen) atoms. The zero-order valence-corrected chi connectivity index (χ0v) is 22.2. The fraction of sp³-hybridized carbons (Fsp3) is 0.269. The van der Waals surface area contributed by atoms with E-state index in [2.05, 4.69) is 16.0 Å². The number of carbonyl (C=O) groups is 6. The average Bonchev–Trinajstić information content (AvgIpc) is 2.92. The normalized spacial score (nSPS) is 11.9. The van der Waals surface area contributed by atoms with Crippen LogP contribution in [0.4, 0.5) is 13.2 Å². The molecule has 0 fully saturated rings. The van der Waals surface area contributed by atoms with Crippen LogP contribution in [0, 0.1) is 5.41 Å². The Morgan fingerprint density at radius 1 is 0.837 bits per heavy atom. The van der Waals surface area contributed by atoms with E-state index in [9.17, 15) is 42.3 Å². The second-order valence-corrected chi connectivity index (χ2v) is 8.61. The van der Waals surface area contributed by atoms with Gasteiger partial charge in [-0.15, -0.1) is 0 Å². The van der Waals surface area contributed by atoms with E-state index in [1.165, 1.54) is 24.3 Å². The smallest absolute Gasteiger partial charge is 0.481 e. The Hall–Kier alpha value is -5.48. The molecule has 0 radical (unpaired) electrons. The summed E-state index contributed by atoms with van der Waals surface area (Å²) < 4.78 is 31.7. The second kappa shape index (κ2) is 16.7. The van der Waals surface area contributed by atoms with Gasteiger partial charge in [-0.05, 0) is 17.7 Å². The highest BCUT2D eigenvalue weighted by atomic mass is 19.4. The van der Waals surface area contributed by atoms with Crippen LogP contribution in [0.1, 0.15) is 34.3 Å². The molecule has 0 aliphatic heterocycles. The predicted octanol–water partition coefficient (Wildman–Crippen LogP) is 0.495. The third kappa shape index (κ3) is 13.6. The van der Waals surface area contributed by atoms with Crippen LogP contribution >= 0.6 is 0 Å². The molecule has 232 valence electrons. The lowest BCUT2D eigenvalue weighted by atomic mass is 10.1. The van der Waals surface area contributed by atoms with Crippen molar-refractivity contribution < 1.29 is 57.3 Å². The number of amides is 3. The molecule has 0 aliphatic rings. The summed E-state index contributed by atoms with van der Waals surface area (Å²) >= 11 is 0. The van der Waals surface area contributed by atoms with Crippen molar-refractivity contribution in [2.45, 2.75) is 37.5 Å². The number of nitrogens with two attached hydrogens (primary N) is 1. The molecule has 2 rings (SSSR count). The molecule has 2 aromatic carbocycles. The number of benzene rings is 2. The first-order valence-electron chi connectivity index (χ1n) is 12.1. The summed E-state index contributed by atoms with van der Waals surface area (Å²) in [6.07, 6.45) is -6.13. The highest BCUT2D eigenvalue weighted by Crippen LogP contribution is 2.13. The molecule has 17 heteroatoms. The predicted molar refractivity (Wildman–Crippen MR) is 142 cm³/mol. The number of hydrogen-bond donors (Lipinski definition) is 8. The lowest BCUT2D eigenvalue weighted by Gasteiger charge is -2.20. The highest BCUT2D eigenvalue weighted by molar-refractivity contribution is 5.98. The number of nitrogen functional groups attached to an aromatic ring is 1. The van der Waals surface area contributed by atoms with E-state index in [1.807, 2.05) is 0 Å². The maximum Gasteiger partial charge on any atom is 0.490 e. The molecule has 2 atom stereocenters. The minimum Gasteiger partial charge on any atom is -0.481 e. The summed E-state index contributed by atoms with van der Waals surface area (Å²) in [5, 5.41) is 40.1. The summed E-state index contributed by atoms with van der Waals surface area (Å²) in [7, 11) is 0. The Labute approximate surface area is 241 Å². The maximum absolute atomic E-state index is 12.6. The molecule has 2 aromatic rings. The van der Waals surface area contributed by atoms with Crippen molar-refractivity contribution in [1.29, 1.82) is 5.41 Å². The Kier molecular flexibility index (Phi) is 13.8. The molecule has 0 saturated heterocycles. The average molecular weight is 612 g/mol. The number of carboxylic acid groups (broad SMARTS) is 3. The standard InChI is InChI=1S/C24H27N5O7.C2HF3O2/c25-21(26)15-6-8-16(9-7-15)22(33)27-11-10-19(30)28-17(13-20(31)32)23(34)29-18(24(35)36)12-14-4-2-1-3-5-14;3-2(4,5)1(6)7/h1-9,17-18H,10-13H2,(H3,25,26)(H,27,33)(H,28,30)(H,29,34)(H,31,32)(H,35,36);(H,6,7)/t17-,18-;/m0./s1. The van der Waals surface area contributed by atoms with Crippen LogP contribution < -0.4 is 21.7 Å². The zero-order valence-electron chi connectivity index (χ0n) is 22.2. The minimum absolute atomic E-state index is 0.0327. The molecule has 0 bridgehead atoms. The number of hydrogen-bond acceptors (Lipinski definition) is 7. The Morgan fingerprint density at radius 2 is 1.37 bits per heavy atom. The zero-order chi connectivity index (χ0) is 32.7. The van der Waals surface area contributed by atoms with Gasteiger partial charge in [-0.1, -0.05) is 42.5 Å². The number of nitrogens with one attached hydrogen (secondary N) is 4. The van der Waals surface area contributed by atoms with Crippen LogP contribution in [0.3, 0.4) is 0 Å². The first kappa shape index (κ1) is 35.5. The van der Waals surface area contributed by atoms with E-state index in [4.69, 9.17) is 26.2 Å². The van der Waals surface area contributed by atoms with Gasteiger partial charge in [0.15, 0.2) is 0 Å². The number of carboxylic acids is 3. The van der Waals surface area contributed by atoms with Crippen LogP contribution in [0.15, 0.2) is 54.6 Å². The highest BCUT2D eigenvalue weighted by Gasteiger charge is 2.38. The van der Waals surface area contributed by atoms with Gasteiger partial charge in [-0.25, -0.2) is 9.59 Å². The number of alkyl halides is 3. The molecule has 14 nitrogen and oxygen atoms in total. The monoisotopic (exact) mass is 611 g/mol. The third-order valence-electron chi connectivity index (χ3n) is 5.27. The molecule has 0 unspecified atom stereocenters. The first-order chi connectivity index (χ1) is 20.0. The lowest BCUT2D eigenvalue weighted by Crippen LogP contribution is -2.53. The molecule has 0 aliphatic carbocycles. The van der Waals surface area contributed by atoms with Gasteiger partial charge < -0.3 is 37.0 Å². The van der Waals surface area contributed by atoms with Crippen molar-refractivity contribution in [1.82, 2.24) is 16.0 Å².